The lowest BCUT2D eigenvalue weighted by atomic mass is 10.1. The molecule has 1 aliphatic rings. The number of carbonyl (C=O) groups is 2. The van der Waals surface area contributed by atoms with Crippen LogP contribution in [-0.2, 0) is 14.3 Å². The summed E-state index contributed by atoms with van der Waals surface area (Å²) in [4.78, 5) is 22.3. The lowest BCUT2D eigenvalue weighted by Gasteiger charge is -2.06. The van der Waals surface area contributed by atoms with Gasteiger partial charge in [-0.3, -0.25) is 9.59 Å². The zero-order chi connectivity index (χ0) is 10.2. The third kappa shape index (κ3) is 5.00. The van der Waals surface area contributed by atoms with Gasteiger partial charge >= 0.3 is 5.97 Å². The molecule has 1 saturated heterocycles. The number of Topliss-reactive ketones (excluding diaryl/α,β-unsaturated/α-hetero) is 1. The van der Waals surface area contributed by atoms with Crippen LogP contribution in [0.1, 0.15) is 51.4 Å². The van der Waals surface area contributed by atoms with E-state index in [1.54, 1.807) is 0 Å². The van der Waals surface area contributed by atoms with Crippen molar-refractivity contribution >= 4 is 11.8 Å². The minimum absolute atomic E-state index is 0.113. The predicted molar refractivity (Wildman–Crippen MR) is 52.9 cm³/mol. The molecule has 0 radical (unpaired) electrons. The van der Waals surface area contributed by atoms with Gasteiger partial charge in [-0.05, 0) is 19.3 Å². The Balaban J connectivity index is 2.27. The Kier molecular flexibility index (Phi) is 5.27. The molecule has 3 nitrogen and oxygen atoms in total. The highest BCUT2D eigenvalue weighted by atomic mass is 16.5. The molecule has 14 heavy (non-hydrogen) atoms. The summed E-state index contributed by atoms with van der Waals surface area (Å²) in [5.74, 6) is 0.194. The van der Waals surface area contributed by atoms with E-state index in [-0.39, 0.29) is 5.97 Å². The standard InChI is InChI=1S/C11H18O3/c12-10-6-3-1-2-4-8-11(13)14-9-5-7-10/h1-9H2. The van der Waals surface area contributed by atoms with Crippen LogP contribution < -0.4 is 0 Å². The molecular formula is C11H18O3. The molecule has 0 aliphatic carbocycles. The summed E-state index contributed by atoms with van der Waals surface area (Å²) in [6, 6.07) is 0. The number of ether oxygens (including phenoxy) is 1. The van der Waals surface area contributed by atoms with Gasteiger partial charge in [0, 0.05) is 19.3 Å². The first-order chi connectivity index (χ1) is 6.79. The van der Waals surface area contributed by atoms with Gasteiger partial charge in [0.1, 0.15) is 5.78 Å². The number of carbonyl (C=O) groups excluding carboxylic acids is 2. The summed E-state index contributed by atoms with van der Waals surface area (Å²) >= 11 is 0. The lowest BCUT2D eigenvalue weighted by Crippen LogP contribution is -2.08. The Bertz CT molecular complexity index is 177. The molecule has 0 aromatic rings. The molecule has 3 heteroatoms. The van der Waals surface area contributed by atoms with Crippen molar-refractivity contribution in [1.29, 1.82) is 0 Å². The van der Waals surface area contributed by atoms with Gasteiger partial charge < -0.3 is 4.74 Å². The van der Waals surface area contributed by atoms with Crippen molar-refractivity contribution in [1.82, 2.24) is 0 Å². The molecule has 0 N–H and O–H groups in total. The highest BCUT2D eigenvalue weighted by Crippen LogP contribution is 2.09. The first-order valence-corrected chi connectivity index (χ1v) is 5.46. The summed E-state index contributed by atoms with van der Waals surface area (Å²) < 4.78 is 4.97. The topological polar surface area (TPSA) is 43.4 Å². The van der Waals surface area contributed by atoms with Crippen LogP contribution in [0.4, 0.5) is 0 Å². The van der Waals surface area contributed by atoms with Gasteiger partial charge in [0.2, 0.25) is 0 Å². The van der Waals surface area contributed by atoms with Crippen LogP contribution in [0.5, 0.6) is 0 Å². The Hall–Kier alpha value is -0.860. The quantitative estimate of drug-likeness (QED) is 0.560. The zero-order valence-corrected chi connectivity index (χ0v) is 8.59. The molecule has 0 bridgehead atoms. The minimum Gasteiger partial charge on any atom is -0.466 e. The Morgan fingerprint density at radius 2 is 1.43 bits per heavy atom. The molecule has 0 unspecified atom stereocenters. The van der Waals surface area contributed by atoms with Crippen molar-refractivity contribution in [2.45, 2.75) is 51.4 Å². The van der Waals surface area contributed by atoms with Gasteiger partial charge in [0.15, 0.2) is 0 Å². The van der Waals surface area contributed by atoms with Gasteiger partial charge in [-0.15, -0.1) is 0 Å². The molecule has 1 fully saturated rings. The van der Waals surface area contributed by atoms with E-state index in [1.165, 1.54) is 0 Å². The zero-order valence-electron chi connectivity index (χ0n) is 8.59. The monoisotopic (exact) mass is 198 g/mol. The molecule has 0 aromatic carbocycles. The van der Waals surface area contributed by atoms with Crippen molar-refractivity contribution in [2.75, 3.05) is 6.61 Å². The maximum atomic E-state index is 11.2. The molecule has 1 heterocycles. The van der Waals surface area contributed by atoms with Crippen molar-refractivity contribution in [2.24, 2.45) is 0 Å². The SMILES string of the molecule is O=C1CCCCCCC(=O)OCCC1. The molecule has 0 spiro atoms. The highest BCUT2D eigenvalue weighted by Gasteiger charge is 2.07. The number of rotatable bonds is 0. The second-order valence-corrected chi connectivity index (χ2v) is 3.78. The van der Waals surface area contributed by atoms with Crippen molar-refractivity contribution in [3.05, 3.63) is 0 Å². The average Bonchev–Trinajstić information content (AvgIpc) is 2.16. The molecule has 80 valence electrons. The second-order valence-electron chi connectivity index (χ2n) is 3.78. The number of hydrogen-bond donors (Lipinski definition) is 0. The summed E-state index contributed by atoms with van der Waals surface area (Å²) in [7, 11) is 0. The van der Waals surface area contributed by atoms with E-state index in [0.717, 1.165) is 25.7 Å². The maximum absolute atomic E-state index is 11.2. The minimum atomic E-state index is -0.113. The normalized spacial score (nSPS) is 22.0. The van der Waals surface area contributed by atoms with Crippen LogP contribution in [0.15, 0.2) is 0 Å². The highest BCUT2D eigenvalue weighted by molar-refractivity contribution is 5.78. The average molecular weight is 198 g/mol. The number of ketones is 1. The van der Waals surface area contributed by atoms with Gasteiger partial charge in [-0.1, -0.05) is 12.8 Å². The fourth-order valence-electron chi connectivity index (χ4n) is 1.60. The Morgan fingerprint density at radius 3 is 2.21 bits per heavy atom. The van der Waals surface area contributed by atoms with Crippen LogP contribution in [0.2, 0.25) is 0 Å². The van der Waals surface area contributed by atoms with Crippen molar-refractivity contribution < 1.29 is 14.3 Å². The third-order valence-corrected chi connectivity index (χ3v) is 2.45. The molecule has 1 rings (SSSR count). The first-order valence-electron chi connectivity index (χ1n) is 5.46. The maximum Gasteiger partial charge on any atom is 0.305 e. The van der Waals surface area contributed by atoms with E-state index in [4.69, 9.17) is 4.74 Å². The van der Waals surface area contributed by atoms with E-state index in [2.05, 4.69) is 0 Å². The van der Waals surface area contributed by atoms with Crippen LogP contribution >= 0.6 is 0 Å². The van der Waals surface area contributed by atoms with E-state index >= 15 is 0 Å². The van der Waals surface area contributed by atoms with E-state index in [1.807, 2.05) is 0 Å². The summed E-state index contributed by atoms with van der Waals surface area (Å²) in [6.45, 7) is 0.407. The van der Waals surface area contributed by atoms with E-state index < -0.39 is 0 Å². The van der Waals surface area contributed by atoms with Crippen molar-refractivity contribution in [3.63, 3.8) is 0 Å². The van der Waals surface area contributed by atoms with Gasteiger partial charge in [0.05, 0.1) is 6.61 Å². The molecule has 1 aliphatic heterocycles. The Labute approximate surface area is 84.8 Å². The predicted octanol–water partition coefficient (Wildman–Crippen LogP) is 2.23. The number of cyclic esters (lactones) is 1. The van der Waals surface area contributed by atoms with Gasteiger partial charge in [0.25, 0.3) is 0 Å². The summed E-state index contributed by atoms with van der Waals surface area (Å²) in [5, 5.41) is 0. The lowest BCUT2D eigenvalue weighted by molar-refractivity contribution is -0.144. The molecule has 0 saturated carbocycles. The van der Waals surface area contributed by atoms with Crippen LogP contribution in [-0.4, -0.2) is 18.4 Å². The fourth-order valence-corrected chi connectivity index (χ4v) is 1.60. The molecule has 0 amide bonds. The molecule has 0 atom stereocenters. The van der Waals surface area contributed by atoms with Crippen LogP contribution in [0, 0.1) is 0 Å². The second kappa shape index (κ2) is 6.57. The summed E-state index contributed by atoms with van der Waals surface area (Å²) in [6.07, 6.45) is 6.45. The van der Waals surface area contributed by atoms with Crippen molar-refractivity contribution in [3.8, 4) is 0 Å². The van der Waals surface area contributed by atoms with Crippen LogP contribution in [0.3, 0.4) is 0 Å². The first kappa shape index (κ1) is 11.2. The summed E-state index contributed by atoms with van der Waals surface area (Å²) in [5.41, 5.74) is 0. The van der Waals surface area contributed by atoms with E-state index in [9.17, 15) is 9.59 Å². The molecular weight excluding hydrogens is 180 g/mol. The smallest absolute Gasteiger partial charge is 0.305 e. The fraction of sp³-hybridized carbons (Fsp3) is 0.818. The van der Waals surface area contributed by atoms with Gasteiger partial charge in [-0.25, -0.2) is 0 Å². The largest absolute Gasteiger partial charge is 0.466 e. The third-order valence-electron chi connectivity index (χ3n) is 2.45. The Morgan fingerprint density at radius 1 is 0.786 bits per heavy atom. The number of hydrogen-bond acceptors (Lipinski definition) is 3. The van der Waals surface area contributed by atoms with E-state index in [0.29, 0.717) is 38.1 Å². The van der Waals surface area contributed by atoms with Crippen LogP contribution in [0.25, 0.3) is 0 Å². The molecule has 0 aromatic heterocycles. The number of esters is 1. The van der Waals surface area contributed by atoms with Gasteiger partial charge in [-0.2, -0.15) is 0 Å².